The highest BCUT2D eigenvalue weighted by Gasteiger charge is 2.26. The van der Waals surface area contributed by atoms with Crippen LogP contribution in [0.2, 0.25) is 10.0 Å². The molecule has 4 nitrogen and oxygen atoms in total. The number of hydrogen-bond acceptors (Lipinski definition) is 3. The van der Waals surface area contributed by atoms with Gasteiger partial charge in [0.15, 0.2) is 0 Å². The molecule has 2 amide bonds. The fourth-order valence-electron chi connectivity index (χ4n) is 2.81. The van der Waals surface area contributed by atoms with Gasteiger partial charge in [0.05, 0.1) is 5.75 Å². The number of nitrogens with one attached hydrogen (secondary N) is 1. The maximum Gasteiger partial charge on any atom is 0.242 e. The second-order valence-corrected chi connectivity index (χ2v) is 9.07. The van der Waals surface area contributed by atoms with Crippen LogP contribution >= 0.6 is 35.0 Å². The van der Waals surface area contributed by atoms with Crippen molar-refractivity contribution in [3.63, 3.8) is 0 Å². The van der Waals surface area contributed by atoms with Crippen LogP contribution in [0.1, 0.15) is 37.8 Å². The lowest BCUT2D eigenvalue weighted by Gasteiger charge is -2.29. The monoisotopic (exact) mass is 466 g/mol. The fraction of sp³-hybridized carbons (Fsp3) is 0.391. The Kier molecular flexibility index (Phi) is 10.0. The average Bonchev–Trinajstić information content (AvgIpc) is 2.72. The zero-order chi connectivity index (χ0) is 22.1. The average molecular weight is 467 g/mol. The van der Waals surface area contributed by atoms with E-state index in [2.05, 4.69) is 12.2 Å². The third kappa shape index (κ3) is 7.53. The minimum atomic E-state index is -0.611. The number of carbonyl (C=O) groups is 2. The van der Waals surface area contributed by atoms with Gasteiger partial charge in [-0.25, -0.2) is 0 Å². The Morgan fingerprint density at radius 2 is 1.83 bits per heavy atom. The molecule has 30 heavy (non-hydrogen) atoms. The number of unbranched alkanes of at least 4 members (excludes halogenated alkanes) is 1. The third-order valence-corrected chi connectivity index (χ3v) is 6.32. The Morgan fingerprint density at radius 3 is 2.47 bits per heavy atom. The molecule has 7 heteroatoms. The van der Waals surface area contributed by atoms with Crippen LogP contribution < -0.4 is 5.32 Å². The lowest BCUT2D eigenvalue weighted by Crippen LogP contribution is -2.48. The number of rotatable bonds is 10. The van der Waals surface area contributed by atoms with Crippen molar-refractivity contribution < 1.29 is 9.59 Å². The molecule has 0 spiro atoms. The van der Waals surface area contributed by atoms with Crippen molar-refractivity contribution in [1.29, 1.82) is 0 Å². The summed E-state index contributed by atoms with van der Waals surface area (Å²) in [5.74, 6) is -0.0483. The number of carbonyl (C=O) groups excluding carboxylic acids is 2. The second kappa shape index (κ2) is 12.2. The predicted octanol–water partition coefficient (Wildman–Crippen LogP) is 5.73. The van der Waals surface area contributed by atoms with E-state index < -0.39 is 6.04 Å². The molecule has 1 atom stereocenters. The number of halogens is 2. The van der Waals surface area contributed by atoms with Crippen LogP contribution in [-0.4, -0.2) is 35.1 Å². The molecule has 2 rings (SSSR count). The van der Waals surface area contributed by atoms with Crippen molar-refractivity contribution in [2.75, 3.05) is 12.3 Å². The number of benzene rings is 2. The number of hydrogen-bond donors (Lipinski definition) is 1. The topological polar surface area (TPSA) is 49.4 Å². The van der Waals surface area contributed by atoms with Gasteiger partial charge in [-0.3, -0.25) is 9.59 Å². The summed E-state index contributed by atoms with van der Waals surface area (Å²) in [7, 11) is 0. The SMILES string of the molecule is CCCCNC(=O)C(C)N(Cc1ccc(Cl)cc1Cl)C(=O)CSc1ccc(C)cc1. The van der Waals surface area contributed by atoms with Gasteiger partial charge >= 0.3 is 0 Å². The molecule has 0 bridgehead atoms. The largest absolute Gasteiger partial charge is 0.354 e. The van der Waals surface area contributed by atoms with Crippen LogP contribution in [0.5, 0.6) is 0 Å². The smallest absolute Gasteiger partial charge is 0.242 e. The number of aryl methyl sites for hydroxylation is 1. The molecule has 162 valence electrons. The molecular weight excluding hydrogens is 439 g/mol. The van der Waals surface area contributed by atoms with Crippen LogP contribution in [0.4, 0.5) is 0 Å². The van der Waals surface area contributed by atoms with E-state index in [0.717, 1.165) is 23.3 Å². The molecule has 0 heterocycles. The molecule has 0 radical (unpaired) electrons. The van der Waals surface area contributed by atoms with E-state index in [0.29, 0.717) is 16.6 Å². The third-order valence-electron chi connectivity index (χ3n) is 4.74. The Hall–Kier alpha value is -1.69. The molecular formula is C23H28Cl2N2O2S. The van der Waals surface area contributed by atoms with Crippen molar-refractivity contribution in [2.24, 2.45) is 0 Å². The highest BCUT2D eigenvalue weighted by molar-refractivity contribution is 8.00. The first-order chi connectivity index (χ1) is 14.3. The Bertz CT molecular complexity index is 859. The Labute approximate surface area is 193 Å². The van der Waals surface area contributed by atoms with Crippen molar-refractivity contribution in [3.8, 4) is 0 Å². The number of nitrogens with zero attached hydrogens (tertiary/aromatic N) is 1. The molecule has 0 aliphatic heterocycles. The van der Waals surface area contributed by atoms with Crippen LogP contribution in [0.15, 0.2) is 47.4 Å². The van der Waals surface area contributed by atoms with Gasteiger partial charge in [0, 0.05) is 28.0 Å². The molecule has 1 N–H and O–H groups in total. The molecule has 0 aliphatic carbocycles. The number of amides is 2. The molecule has 2 aromatic rings. The first-order valence-electron chi connectivity index (χ1n) is 10.0. The first kappa shape index (κ1) is 24.6. The molecule has 0 fully saturated rings. The standard InChI is InChI=1S/C23H28Cl2N2O2S/c1-4-5-12-26-23(29)17(3)27(14-18-8-9-19(24)13-21(18)25)22(28)15-30-20-10-6-16(2)7-11-20/h6-11,13,17H,4-5,12,14-15H2,1-3H3,(H,26,29). The van der Waals surface area contributed by atoms with Crippen molar-refractivity contribution in [2.45, 2.75) is 51.1 Å². The molecule has 0 aromatic heterocycles. The van der Waals surface area contributed by atoms with E-state index in [1.165, 1.54) is 17.3 Å². The summed E-state index contributed by atoms with van der Waals surface area (Å²) in [4.78, 5) is 28.3. The zero-order valence-electron chi connectivity index (χ0n) is 17.6. The van der Waals surface area contributed by atoms with Crippen molar-refractivity contribution in [1.82, 2.24) is 10.2 Å². The molecule has 0 saturated carbocycles. The minimum Gasteiger partial charge on any atom is -0.354 e. The molecule has 0 aliphatic rings. The Balaban J connectivity index is 2.14. The zero-order valence-corrected chi connectivity index (χ0v) is 19.9. The highest BCUT2D eigenvalue weighted by atomic mass is 35.5. The fourth-order valence-corrected chi connectivity index (χ4v) is 4.07. The van der Waals surface area contributed by atoms with Gasteiger partial charge in [0.25, 0.3) is 0 Å². The van der Waals surface area contributed by atoms with Crippen molar-refractivity contribution >= 4 is 46.8 Å². The maximum absolute atomic E-state index is 13.1. The summed E-state index contributed by atoms with van der Waals surface area (Å²) < 4.78 is 0. The quantitative estimate of drug-likeness (QED) is 0.359. The normalized spacial score (nSPS) is 11.8. The van der Waals surface area contributed by atoms with Gasteiger partial charge in [-0.05, 0) is 50.1 Å². The van der Waals surface area contributed by atoms with E-state index in [1.54, 1.807) is 30.0 Å². The summed E-state index contributed by atoms with van der Waals surface area (Å²) in [5, 5.41) is 3.92. The van der Waals surface area contributed by atoms with E-state index >= 15 is 0 Å². The van der Waals surface area contributed by atoms with Gasteiger partial charge in [0.2, 0.25) is 11.8 Å². The van der Waals surface area contributed by atoms with E-state index in [4.69, 9.17) is 23.2 Å². The summed E-state index contributed by atoms with van der Waals surface area (Å²) in [6.07, 6.45) is 1.89. The van der Waals surface area contributed by atoms with Crippen LogP contribution in [0.3, 0.4) is 0 Å². The van der Waals surface area contributed by atoms with Crippen LogP contribution in [0.25, 0.3) is 0 Å². The summed E-state index contributed by atoms with van der Waals surface area (Å²) in [6, 6.07) is 12.6. The van der Waals surface area contributed by atoms with Crippen LogP contribution in [-0.2, 0) is 16.1 Å². The highest BCUT2D eigenvalue weighted by Crippen LogP contribution is 2.24. The van der Waals surface area contributed by atoms with E-state index in [-0.39, 0.29) is 24.1 Å². The molecule has 0 saturated heterocycles. The maximum atomic E-state index is 13.1. The van der Waals surface area contributed by atoms with Gasteiger partial charge in [-0.1, -0.05) is 60.3 Å². The van der Waals surface area contributed by atoms with Crippen molar-refractivity contribution in [3.05, 3.63) is 63.6 Å². The summed E-state index contributed by atoms with van der Waals surface area (Å²) >= 11 is 13.8. The van der Waals surface area contributed by atoms with Gasteiger partial charge in [0.1, 0.15) is 6.04 Å². The summed E-state index contributed by atoms with van der Waals surface area (Å²) in [5.41, 5.74) is 1.92. The van der Waals surface area contributed by atoms with Crippen LogP contribution in [0, 0.1) is 6.92 Å². The van der Waals surface area contributed by atoms with Gasteiger partial charge in [-0.15, -0.1) is 11.8 Å². The lowest BCUT2D eigenvalue weighted by molar-refractivity contribution is -0.138. The lowest BCUT2D eigenvalue weighted by atomic mass is 10.1. The summed E-state index contributed by atoms with van der Waals surface area (Å²) in [6.45, 7) is 6.68. The molecule has 2 aromatic carbocycles. The number of thioether (sulfide) groups is 1. The Morgan fingerprint density at radius 1 is 1.13 bits per heavy atom. The predicted molar refractivity (Wildman–Crippen MR) is 126 cm³/mol. The van der Waals surface area contributed by atoms with E-state index in [9.17, 15) is 9.59 Å². The minimum absolute atomic E-state index is 0.121. The second-order valence-electron chi connectivity index (χ2n) is 7.18. The van der Waals surface area contributed by atoms with Gasteiger partial charge < -0.3 is 10.2 Å². The molecule has 1 unspecified atom stereocenters. The first-order valence-corrected chi connectivity index (χ1v) is 11.8. The van der Waals surface area contributed by atoms with Gasteiger partial charge in [-0.2, -0.15) is 0 Å². The van der Waals surface area contributed by atoms with E-state index in [1.807, 2.05) is 31.2 Å².